The molecule has 1 aromatic heterocycles. The number of aromatic nitrogens is 2. The van der Waals surface area contributed by atoms with E-state index < -0.39 is 0 Å². The van der Waals surface area contributed by atoms with Crippen LogP contribution in [-0.2, 0) is 16.1 Å². The van der Waals surface area contributed by atoms with Gasteiger partial charge in [-0.15, -0.1) is 0 Å². The first kappa shape index (κ1) is 18.8. The molecule has 8 heteroatoms. The predicted octanol–water partition coefficient (Wildman–Crippen LogP) is 3.02. The molecular formula is C17H21ClN4O3. The van der Waals surface area contributed by atoms with Gasteiger partial charge < -0.3 is 19.5 Å². The van der Waals surface area contributed by atoms with Gasteiger partial charge in [0.05, 0.1) is 19.9 Å². The normalized spacial score (nSPS) is 10.3. The van der Waals surface area contributed by atoms with Gasteiger partial charge in [0.1, 0.15) is 0 Å². The molecule has 0 radical (unpaired) electrons. The molecule has 1 aromatic carbocycles. The Bertz CT molecular complexity index is 674. The van der Waals surface area contributed by atoms with Gasteiger partial charge in [-0.3, -0.25) is 4.79 Å². The maximum absolute atomic E-state index is 12.5. The standard InChI is InChI=1S/C17H21ClN4O3/c1-25-16(23)7-11-22(10-2-9-21-12-8-19-13-21)17(24)20-15-5-3-14(18)4-6-15/h3-6,8,12-13H,2,7,9-11H2,1H3,(H,20,24). The number of amides is 2. The van der Waals surface area contributed by atoms with Crippen LogP contribution in [0, 0.1) is 0 Å². The Balaban J connectivity index is 1.92. The lowest BCUT2D eigenvalue weighted by Gasteiger charge is -2.23. The molecule has 134 valence electrons. The largest absolute Gasteiger partial charge is 0.469 e. The van der Waals surface area contributed by atoms with E-state index in [1.807, 2.05) is 10.8 Å². The van der Waals surface area contributed by atoms with Gasteiger partial charge in [-0.1, -0.05) is 11.6 Å². The molecule has 1 N–H and O–H groups in total. The minimum Gasteiger partial charge on any atom is -0.469 e. The second-order valence-electron chi connectivity index (χ2n) is 5.40. The number of halogens is 1. The number of hydrogen-bond acceptors (Lipinski definition) is 4. The highest BCUT2D eigenvalue weighted by Gasteiger charge is 2.15. The number of ether oxygens (including phenoxy) is 1. The molecular weight excluding hydrogens is 344 g/mol. The minimum absolute atomic E-state index is 0.148. The molecule has 2 aromatic rings. The number of benzene rings is 1. The van der Waals surface area contributed by atoms with E-state index in [4.69, 9.17) is 11.6 Å². The predicted molar refractivity (Wildman–Crippen MR) is 95.5 cm³/mol. The maximum atomic E-state index is 12.5. The molecule has 2 rings (SSSR count). The lowest BCUT2D eigenvalue weighted by molar-refractivity contribution is -0.140. The van der Waals surface area contributed by atoms with Crippen LogP contribution in [0.2, 0.25) is 5.02 Å². The fraction of sp³-hybridized carbons (Fsp3) is 0.353. The molecule has 0 atom stereocenters. The molecule has 0 aliphatic rings. The summed E-state index contributed by atoms with van der Waals surface area (Å²) in [6, 6.07) is 6.59. The van der Waals surface area contributed by atoms with Gasteiger partial charge in [0, 0.05) is 42.7 Å². The molecule has 0 saturated carbocycles. The number of nitrogens with one attached hydrogen (secondary N) is 1. The monoisotopic (exact) mass is 364 g/mol. The summed E-state index contributed by atoms with van der Waals surface area (Å²) in [5.74, 6) is -0.348. The third-order valence-corrected chi connectivity index (χ3v) is 3.85. The number of urea groups is 1. The van der Waals surface area contributed by atoms with Gasteiger partial charge in [-0.05, 0) is 30.7 Å². The van der Waals surface area contributed by atoms with Crippen molar-refractivity contribution in [2.45, 2.75) is 19.4 Å². The van der Waals surface area contributed by atoms with E-state index in [9.17, 15) is 9.59 Å². The number of carbonyl (C=O) groups excluding carboxylic acids is 2. The third kappa shape index (κ3) is 6.46. The van der Waals surface area contributed by atoms with Crippen LogP contribution in [0.4, 0.5) is 10.5 Å². The average Bonchev–Trinajstić information content (AvgIpc) is 3.12. The van der Waals surface area contributed by atoms with Crippen LogP contribution in [0.3, 0.4) is 0 Å². The van der Waals surface area contributed by atoms with Crippen molar-refractivity contribution in [2.75, 3.05) is 25.5 Å². The van der Waals surface area contributed by atoms with E-state index in [0.29, 0.717) is 17.3 Å². The van der Waals surface area contributed by atoms with Gasteiger partial charge in [0.2, 0.25) is 0 Å². The van der Waals surface area contributed by atoms with Crippen LogP contribution in [0.15, 0.2) is 43.0 Å². The number of nitrogens with zero attached hydrogens (tertiary/aromatic N) is 3. The number of hydrogen-bond donors (Lipinski definition) is 1. The highest BCUT2D eigenvalue weighted by Crippen LogP contribution is 2.14. The van der Waals surface area contributed by atoms with Crippen molar-refractivity contribution in [1.29, 1.82) is 0 Å². The zero-order valence-corrected chi connectivity index (χ0v) is 14.8. The summed E-state index contributed by atoms with van der Waals surface area (Å²) in [4.78, 5) is 29.5. The van der Waals surface area contributed by atoms with E-state index in [-0.39, 0.29) is 25.0 Å². The average molecular weight is 365 g/mol. The summed E-state index contributed by atoms with van der Waals surface area (Å²) in [5, 5.41) is 3.41. The molecule has 2 amide bonds. The van der Waals surface area contributed by atoms with Crippen LogP contribution in [0.1, 0.15) is 12.8 Å². The molecule has 0 spiro atoms. The van der Waals surface area contributed by atoms with Gasteiger partial charge >= 0.3 is 12.0 Å². The van der Waals surface area contributed by atoms with Crippen molar-refractivity contribution in [3.63, 3.8) is 0 Å². The third-order valence-electron chi connectivity index (χ3n) is 3.60. The summed E-state index contributed by atoms with van der Waals surface area (Å²) in [5.41, 5.74) is 0.645. The number of methoxy groups -OCH3 is 1. The topological polar surface area (TPSA) is 76.5 Å². The Morgan fingerprint density at radius 1 is 1.28 bits per heavy atom. The lowest BCUT2D eigenvalue weighted by atomic mass is 10.3. The number of anilines is 1. The highest BCUT2D eigenvalue weighted by molar-refractivity contribution is 6.30. The molecule has 0 fully saturated rings. The van der Waals surface area contributed by atoms with Crippen molar-refractivity contribution < 1.29 is 14.3 Å². The quantitative estimate of drug-likeness (QED) is 0.730. The van der Waals surface area contributed by atoms with Crippen molar-refractivity contribution in [2.24, 2.45) is 0 Å². The van der Waals surface area contributed by atoms with Gasteiger partial charge in [0.15, 0.2) is 0 Å². The van der Waals surface area contributed by atoms with Gasteiger partial charge in [0.25, 0.3) is 0 Å². The van der Waals surface area contributed by atoms with Crippen LogP contribution >= 0.6 is 11.6 Å². The Morgan fingerprint density at radius 3 is 2.68 bits per heavy atom. The number of imidazole rings is 1. The number of rotatable bonds is 8. The minimum atomic E-state index is -0.348. The first-order chi connectivity index (χ1) is 12.1. The van der Waals surface area contributed by atoms with E-state index in [1.165, 1.54) is 7.11 Å². The van der Waals surface area contributed by atoms with E-state index >= 15 is 0 Å². The second kappa shape index (κ2) is 9.68. The van der Waals surface area contributed by atoms with Crippen LogP contribution < -0.4 is 5.32 Å². The van der Waals surface area contributed by atoms with Crippen LogP contribution in [-0.4, -0.2) is 46.7 Å². The van der Waals surface area contributed by atoms with Gasteiger partial charge in [-0.2, -0.15) is 0 Å². The first-order valence-electron chi connectivity index (χ1n) is 7.92. The molecule has 0 saturated heterocycles. The molecule has 1 heterocycles. The molecule has 0 unspecified atom stereocenters. The summed E-state index contributed by atoms with van der Waals surface area (Å²) < 4.78 is 6.59. The molecule has 25 heavy (non-hydrogen) atoms. The summed E-state index contributed by atoms with van der Waals surface area (Å²) >= 11 is 5.85. The van der Waals surface area contributed by atoms with Crippen molar-refractivity contribution in [1.82, 2.24) is 14.5 Å². The van der Waals surface area contributed by atoms with Crippen LogP contribution in [0.5, 0.6) is 0 Å². The van der Waals surface area contributed by atoms with Crippen molar-refractivity contribution in [3.8, 4) is 0 Å². The summed E-state index contributed by atoms with van der Waals surface area (Å²) in [6.07, 6.45) is 6.20. The van der Waals surface area contributed by atoms with Crippen molar-refractivity contribution >= 4 is 29.3 Å². The SMILES string of the molecule is COC(=O)CCN(CCCn1ccnc1)C(=O)Nc1ccc(Cl)cc1. The smallest absolute Gasteiger partial charge is 0.321 e. The second-order valence-corrected chi connectivity index (χ2v) is 5.84. The molecule has 7 nitrogen and oxygen atoms in total. The molecule has 0 aliphatic heterocycles. The molecule has 0 bridgehead atoms. The zero-order chi connectivity index (χ0) is 18.1. The summed E-state index contributed by atoms with van der Waals surface area (Å²) in [6.45, 7) is 1.54. The Kier molecular flexibility index (Phi) is 7.28. The Labute approximate surface area is 151 Å². The maximum Gasteiger partial charge on any atom is 0.321 e. The number of esters is 1. The van der Waals surface area contributed by atoms with E-state index in [2.05, 4.69) is 15.0 Å². The highest BCUT2D eigenvalue weighted by atomic mass is 35.5. The van der Waals surface area contributed by atoms with Crippen molar-refractivity contribution in [3.05, 3.63) is 48.0 Å². The number of aryl methyl sites for hydroxylation is 1. The molecule has 0 aliphatic carbocycles. The Morgan fingerprint density at radius 2 is 2.04 bits per heavy atom. The fourth-order valence-corrected chi connectivity index (χ4v) is 2.37. The van der Waals surface area contributed by atoms with Crippen LogP contribution in [0.25, 0.3) is 0 Å². The lowest BCUT2D eigenvalue weighted by Crippen LogP contribution is -2.37. The van der Waals surface area contributed by atoms with Gasteiger partial charge in [-0.25, -0.2) is 9.78 Å². The zero-order valence-electron chi connectivity index (χ0n) is 14.0. The summed E-state index contributed by atoms with van der Waals surface area (Å²) in [7, 11) is 1.33. The first-order valence-corrected chi connectivity index (χ1v) is 8.30. The van der Waals surface area contributed by atoms with E-state index in [1.54, 1.807) is 41.7 Å². The van der Waals surface area contributed by atoms with E-state index in [0.717, 1.165) is 13.0 Å². The Hall–Kier alpha value is -2.54. The fourth-order valence-electron chi connectivity index (χ4n) is 2.24. The number of carbonyl (C=O) groups is 2.